The van der Waals surface area contributed by atoms with Crippen LogP contribution in [0.15, 0.2) is 48.6 Å². The molecule has 0 saturated carbocycles. The third kappa shape index (κ3) is 5.64. The summed E-state index contributed by atoms with van der Waals surface area (Å²) in [6.45, 7) is 5.44. The number of aryl methyl sites for hydroxylation is 1. The van der Waals surface area contributed by atoms with Crippen molar-refractivity contribution in [2.75, 3.05) is 19.0 Å². The van der Waals surface area contributed by atoms with Crippen LogP contribution < -0.4 is 14.8 Å². The van der Waals surface area contributed by atoms with Gasteiger partial charge in [-0.15, -0.1) is 6.58 Å². The minimum Gasteiger partial charge on any atom is -0.493 e. The van der Waals surface area contributed by atoms with E-state index in [2.05, 4.69) is 11.9 Å². The molecule has 0 fully saturated rings. The van der Waals surface area contributed by atoms with Crippen LogP contribution in [-0.2, 0) is 11.2 Å². The van der Waals surface area contributed by atoms with Crippen molar-refractivity contribution in [1.82, 2.24) is 0 Å². The van der Waals surface area contributed by atoms with E-state index in [-0.39, 0.29) is 12.2 Å². The van der Waals surface area contributed by atoms with E-state index in [9.17, 15) is 10.1 Å². The average molecular weight is 422 g/mol. The van der Waals surface area contributed by atoms with E-state index in [1.54, 1.807) is 36.4 Å². The number of carbonyl (C=O) groups is 1. The van der Waals surface area contributed by atoms with Crippen LogP contribution in [0, 0.1) is 29.6 Å². The van der Waals surface area contributed by atoms with E-state index < -0.39 is 5.91 Å². The van der Waals surface area contributed by atoms with Crippen LogP contribution in [0.2, 0.25) is 5.02 Å². The molecule has 152 valence electrons. The molecule has 1 amide bonds. The van der Waals surface area contributed by atoms with Gasteiger partial charge in [0.15, 0.2) is 18.1 Å². The van der Waals surface area contributed by atoms with Crippen molar-refractivity contribution in [2.45, 2.75) is 13.3 Å². The van der Waals surface area contributed by atoms with Crippen molar-refractivity contribution >= 4 is 29.3 Å². The maximum Gasteiger partial charge on any atom is 0.266 e. The van der Waals surface area contributed by atoms with Crippen LogP contribution in [0.5, 0.6) is 11.5 Å². The summed E-state index contributed by atoms with van der Waals surface area (Å²) in [5.74, 6) is 0.249. The number of allylic oxidation sites excluding steroid dienone is 1. The largest absolute Gasteiger partial charge is 0.493 e. The fourth-order valence-electron chi connectivity index (χ4n) is 2.68. The summed E-state index contributed by atoms with van der Waals surface area (Å²) in [5, 5.41) is 21.5. The fraction of sp³-hybridized carbons (Fsp3) is 0.174. The molecule has 0 unspecified atom stereocenters. The zero-order valence-electron chi connectivity index (χ0n) is 16.7. The van der Waals surface area contributed by atoms with Gasteiger partial charge in [0.25, 0.3) is 5.91 Å². The zero-order chi connectivity index (χ0) is 22.1. The van der Waals surface area contributed by atoms with Crippen molar-refractivity contribution in [2.24, 2.45) is 0 Å². The summed E-state index contributed by atoms with van der Waals surface area (Å²) < 4.78 is 10.9. The Bertz CT molecular complexity index is 1080. The summed E-state index contributed by atoms with van der Waals surface area (Å²) in [6.07, 6.45) is 3.59. The SMILES string of the molecule is C=CCc1cc(/C=C(/C#N)C(=O)Nc2ccc(C)c(Cl)c2)cc(OC)c1OCC#N. The monoisotopic (exact) mass is 421 g/mol. The second kappa shape index (κ2) is 10.7. The molecule has 2 aromatic rings. The Balaban J connectivity index is 2.39. The van der Waals surface area contributed by atoms with Gasteiger partial charge in [-0.3, -0.25) is 4.79 Å². The fourth-order valence-corrected chi connectivity index (χ4v) is 2.86. The Hall–Kier alpha value is -3.74. The van der Waals surface area contributed by atoms with Crippen LogP contribution in [0.25, 0.3) is 6.08 Å². The number of ether oxygens (including phenoxy) is 2. The van der Waals surface area contributed by atoms with Crippen LogP contribution in [-0.4, -0.2) is 19.6 Å². The van der Waals surface area contributed by atoms with Crippen LogP contribution >= 0.6 is 11.6 Å². The minimum absolute atomic E-state index is 0.0935. The average Bonchev–Trinajstić information content (AvgIpc) is 2.73. The van der Waals surface area contributed by atoms with E-state index in [0.717, 1.165) is 5.56 Å². The predicted octanol–water partition coefficient (Wildman–Crippen LogP) is 4.83. The number of halogens is 1. The van der Waals surface area contributed by atoms with Crippen molar-refractivity contribution in [3.8, 4) is 23.6 Å². The standard InChI is InChI=1S/C23H20ClN3O3/c1-4-5-17-10-16(12-21(29-3)22(17)30-9-8-25)11-18(14-26)23(28)27-19-7-6-15(2)20(24)13-19/h4,6-7,10-13H,1,5,9H2,2-3H3,(H,27,28)/b18-11-. The van der Waals surface area contributed by atoms with E-state index in [4.69, 9.17) is 26.3 Å². The predicted molar refractivity (Wildman–Crippen MR) is 116 cm³/mol. The molecule has 0 aliphatic rings. The van der Waals surface area contributed by atoms with Gasteiger partial charge < -0.3 is 14.8 Å². The Labute approximate surface area is 180 Å². The van der Waals surface area contributed by atoms with Gasteiger partial charge in [0.2, 0.25) is 0 Å². The van der Waals surface area contributed by atoms with Gasteiger partial charge in [-0.2, -0.15) is 10.5 Å². The number of anilines is 1. The normalized spacial score (nSPS) is 10.5. The molecule has 0 spiro atoms. The van der Waals surface area contributed by atoms with Gasteiger partial charge in [0.05, 0.1) is 7.11 Å². The molecule has 0 aliphatic heterocycles. The molecule has 0 saturated heterocycles. The zero-order valence-corrected chi connectivity index (χ0v) is 17.4. The van der Waals surface area contributed by atoms with E-state index >= 15 is 0 Å². The molecule has 0 radical (unpaired) electrons. The first-order valence-electron chi connectivity index (χ1n) is 8.94. The van der Waals surface area contributed by atoms with E-state index in [0.29, 0.717) is 39.8 Å². The summed E-state index contributed by atoms with van der Waals surface area (Å²) >= 11 is 6.09. The van der Waals surface area contributed by atoms with Gasteiger partial charge in [-0.05, 0) is 54.8 Å². The molecule has 30 heavy (non-hydrogen) atoms. The second-order valence-corrected chi connectivity index (χ2v) is 6.65. The summed E-state index contributed by atoms with van der Waals surface area (Å²) in [5.41, 5.74) is 2.56. The number of hydrogen-bond acceptors (Lipinski definition) is 5. The molecule has 0 aromatic heterocycles. The first-order chi connectivity index (χ1) is 14.4. The topological polar surface area (TPSA) is 95.1 Å². The Kier molecular flexibility index (Phi) is 8.05. The summed E-state index contributed by atoms with van der Waals surface area (Å²) in [6, 6.07) is 12.3. The lowest BCUT2D eigenvalue weighted by Gasteiger charge is -2.14. The highest BCUT2D eigenvalue weighted by molar-refractivity contribution is 6.31. The quantitative estimate of drug-likeness (QED) is 0.374. The highest BCUT2D eigenvalue weighted by atomic mass is 35.5. The molecular formula is C23H20ClN3O3. The maximum absolute atomic E-state index is 12.6. The molecular weight excluding hydrogens is 402 g/mol. The molecule has 0 aliphatic carbocycles. The number of nitrogens with zero attached hydrogens (tertiary/aromatic N) is 2. The summed E-state index contributed by atoms with van der Waals surface area (Å²) in [7, 11) is 1.47. The van der Waals surface area contributed by atoms with Crippen molar-refractivity contribution in [3.05, 3.63) is 70.3 Å². The molecule has 7 heteroatoms. The molecule has 0 heterocycles. The van der Waals surface area contributed by atoms with Crippen molar-refractivity contribution in [3.63, 3.8) is 0 Å². The number of hydrogen-bond donors (Lipinski definition) is 1. The second-order valence-electron chi connectivity index (χ2n) is 6.24. The Morgan fingerprint density at radius 1 is 1.30 bits per heavy atom. The van der Waals surface area contributed by atoms with Crippen molar-refractivity contribution in [1.29, 1.82) is 10.5 Å². The molecule has 0 atom stereocenters. The van der Waals surface area contributed by atoms with E-state index in [1.165, 1.54) is 13.2 Å². The number of benzene rings is 2. The van der Waals surface area contributed by atoms with Crippen LogP contribution in [0.4, 0.5) is 5.69 Å². The number of methoxy groups -OCH3 is 1. The number of carbonyl (C=O) groups excluding carboxylic acids is 1. The lowest BCUT2D eigenvalue weighted by atomic mass is 10.0. The molecule has 0 bridgehead atoms. The number of nitriles is 2. The Morgan fingerprint density at radius 2 is 2.07 bits per heavy atom. The van der Waals surface area contributed by atoms with Gasteiger partial charge in [0, 0.05) is 16.3 Å². The minimum atomic E-state index is -0.563. The van der Waals surface area contributed by atoms with Gasteiger partial charge in [-0.25, -0.2) is 0 Å². The third-order valence-electron chi connectivity index (χ3n) is 4.13. The highest BCUT2D eigenvalue weighted by Gasteiger charge is 2.15. The first kappa shape index (κ1) is 22.5. The smallest absolute Gasteiger partial charge is 0.266 e. The van der Waals surface area contributed by atoms with Gasteiger partial charge >= 0.3 is 0 Å². The molecule has 1 N–H and O–H groups in total. The molecule has 6 nitrogen and oxygen atoms in total. The first-order valence-corrected chi connectivity index (χ1v) is 9.32. The number of amides is 1. The van der Waals surface area contributed by atoms with Gasteiger partial charge in [-0.1, -0.05) is 23.7 Å². The van der Waals surface area contributed by atoms with Crippen molar-refractivity contribution < 1.29 is 14.3 Å². The Morgan fingerprint density at radius 3 is 2.67 bits per heavy atom. The molecule has 2 aromatic carbocycles. The number of rotatable bonds is 8. The lowest BCUT2D eigenvalue weighted by Crippen LogP contribution is -2.13. The number of nitrogens with one attached hydrogen (secondary N) is 1. The molecule has 2 rings (SSSR count). The summed E-state index contributed by atoms with van der Waals surface area (Å²) in [4.78, 5) is 12.6. The lowest BCUT2D eigenvalue weighted by molar-refractivity contribution is -0.112. The van der Waals surface area contributed by atoms with Crippen LogP contribution in [0.3, 0.4) is 0 Å². The third-order valence-corrected chi connectivity index (χ3v) is 4.53. The van der Waals surface area contributed by atoms with E-state index in [1.807, 2.05) is 19.1 Å². The van der Waals surface area contributed by atoms with Crippen LogP contribution in [0.1, 0.15) is 16.7 Å². The van der Waals surface area contributed by atoms with Gasteiger partial charge in [0.1, 0.15) is 17.7 Å². The highest BCUT2D eigenvalue weighted by Crippen LogP contribution is 2.34. The maximum atomic E-state index is 12.6.